The maximum Gasteiger partial charge on any atom is 0.407 e. The average molecular weight is 264 g/mol. The molecule has 1 amide bonds. The lowest BCUT2D eigenvalue weighted by Crippen LogP contribution is -2.43. The summed E-state index contributed by atoms with van der Waals surface area (Å²) in [6.07, 6.45) is -0.594. The highest BCUT2D eigenvalue weighted by molar-refractivity contribution is 5.74. The third-order valence-corrected chi connectivity index (χ3v) is 3.05. The van der Waals surface area contributed by atoms with E-state index in [-0.39, 0.29) is 6.61 Å². The largest absolute Gasteiger partial charge is 0.481 e. The molecular weight excluding hydrogens is 248 g/mol. The van der Waals surface area contributed by atoms with Crippen molar-refractivity contribution in [2.24, 2.45) is 5.92 Å². The number of amides is 1. The van der Waals surface area contributed by atoms with Crippen molar-refractivity contribution in [2.45, 2.75) is 12.6 Å². The van der Waals surface area contributed by atoms with Gasteiger partial charge in [-0.05, 0) is 5.56 Å². The third-order valence-electron chi connectivity index (χ3n) is 3.05. The Hall–Kier alpha value is -2.08. The molecular formula is C13H16N2O4. The maximum atomic E-state index is 11.6. The van der Waals surface area contributed by atoms with Gasteiger partial charge < -0.3 is 20.5 Å². The highest BCUT2D eigenvalue weighted by Crippen LogP contribution is 2.09. The molecule has 19 heavy (non-hydrogen) atoms. The molecule has 1 aromatic rings. The van der Waals surface area contributed by atoms with E-state index in [0.717, 1.165) is 5.56 Å². The Kier molecular flexibility index (Phi) is 4.35. The highest BCUT2D eigenvalue weighted by Gasteiger charge is 2.34. The smallest absolute Gasteiger partial charge is 0.407 e. The first-order chi connectivity index (χ1) is 9.16. The van der Waals surface area contributed by atoms with Gasteiger partial charge >= 0.3 is 12.1 Å². The molecule has 3 N–H and O–H groups in total. The second kappa shape index (κ2) is 6.19. The summed E-state index contributed by atoms with van der Waals surface area (Å²) >= 11 is 0. The standard InChI is InChI=1S/C13H16N2O4/c16-12(17)10-6-14-7-11(10)15-13(18)19-8-9-4-2-1-3-5-9/h1-5,10-11,14H,6-8H2,(H,15,18)(H,16,17)/t10-,11-/m0/s1. The number of rotatable bonds is 4. The minimum atomic E-state index is -0.918. The SMILES string of the molecule is O=C(N[C@H]1CNC[C@@H]1C(=O)O)OCc1ccccc1. The molecule has 1 saturated heterocycles. The monoisotopic (exact) mass is 264 g/mol. The van der Waals surface area contributed by atoms with E-state index in [4.69, 9.17) is 9.84 Å². The van der Waals surface area contributed by atoms with E-state index in [2.05, 4.69) is 10.6 Å². The Balaban J connectivity index is 1.80. The van der Waals surface area contributed by atoms with E-state index in [1.54, 1.807) is 0 Å². The van der Waals surface area contributed by atoms with Gasteiger partial charge in [-0.15, -0.1) is 0 Å². The number of aliphatic carboxylic acids is 1. The Morgan fingerprint density at radius 2 is 2.05 bits per heavy atom. The van der Waals surface area contributed by atoms with E-state index in [0.29, 0.717) is 13.1 Å². The number of ether oxygens (including phenoxy) is 1. The second-order valence-electron chi connectivity index (χ2n) is 4.42. The third kappa shape index (κ3) is 3.69. The van der Waals surface area contributed by atoms with Gasteiger partial charge in [0.1, 0.15) is 6.61 Å². The van der Waals surface area contributed by atoms with Crippen LogP contribution in [0.2, 0.25) is 0 Å². The molecule has 6 nitrogen and oxygen atoms in total. The van der Waals surface area contributed by atoms with Gasteiger partial charge in [-0.1, -0.05) is 30.3 Å². The Bertz CT molecular complexity index is 449. The van der Waals surface area contributed by atoms with Crippen molar-refractivity contribution < 1.29 is 19.4 Å². The summed E-state index contributed by atoms with van der Waals surface area (Å²) in [6.45, 7) is 0.973. The number of carboxylic acid groups (broad SMARTS) is 1. The van der Waals surface area contributed by atoms with Gasteiger partial charge in [0.05, 0.1) is 12.0 Å². The van der Waals surface area contributed by atoms with Crippen LogP contribution in [0.4, 0.5) is 4.79 Å². The number of hydrogen-bond acceptors (Lipinski definition) is 4. The number of hydrogen-bond donors (Lipinski definition) is 3. The Morgan fingerprint density at radius 3 is 2.74 bits per heavy atom. The molecule has 0 aliphatic carbocycles. The average Bonchev–Trinajstić information content (AvgIpc) is 2.86. The summed E-state index contributed by atoms with van der Waals surface area (Å²) in [5, 5.41) is 14.5. The molecule has 1 fully saturated rings. The Labute approximate surface area is 110 Å². The summed E-state index contributed by atoms with van der Waals surface area (Å²) in [5.41, 5.74) is 0.886. The fourth-order valence-corrected chi connectivity index (χ4v) is 2.01. The zero-order chi connectivity index (χ0) is 13.7. The predicted molar refractivity (Wildman–Crippen MR) is 67.5 cm³/mol. The van der Waals surface area contributed by atoms with E-state index >= 15 is 0 Å². The lowest BCUT2D eigenvalue weighted by molar-refractivity contribution is -0.141. The number of carbonyl (C=O) groups is 2. The van der Waals surface area contributed by atoms with Crippen molar-refractivity contribution in [3.05, 3.63) is 35.9 Å². The number of alkyl carbamates (subject to hydrolysis) is 1. The molecule has 102 valence electrons. The van der Waals surface area contributed by atoms with E-state index in [1.807, 2.05) is 30.3 Å². The van der Waals surface area contributed by atoms with Crippen LogP contribution < -0.4 is 10.6 Å². The van der Waals surface area contributed by atoms with Crippen LogP contribution in [-0.4, -0.2) is 36.3 Å². The fraction of sp³-hybridized carbons (Fsp3) is 0.385. The van der Waals surface area contributed by atoms with Crippen LogP contribution in [0.3, 0.4) is 0 Å². The minimum absolute atomic E-state index is 0.171. The molecule has 1 aliphatic heterocycles. The lowest BCUT2D eigenvalue weighted by atomic mass is 10.0. The van der Waals surface area contributed by atoms with Gasteiger partial charge in [-0.2, -0.15) is 0 Å². The van der Waals surface area contributed by atoms with E-state index < -0.39 is 24.0 Å². The van der Waals surface area contributed by atoms with Gasteiger partial charge in [-0.25, -0.2) is 4.79 Å². The molecule has 6 heteroatoms. The minimum Gasteiger partial charge on any atom is -0.481 e. The van der Waals surface area contributed by atoms with Crippen LogP contribution in [0.25, 0.3) is 0 Å². The number of carboxylic acids is 1. The Morgan fingerprint density at radius 1 is 1.32 bits per heavy atom. The molecule has 0 aromatic heterocycles. The molecule has 0 bridgehead atoms. The molecule has 0 radical (unpaired) electrons. The molecule has 0 saturated carbocycles. The van der Waals surface area contributed by atoms with Crippen molar-refractivity contribution in [1.82, 2.24) is 10.6 Å². The summed E-state index contributed by atoms with van der Waals surface area (Å²) in [4.78, 5) is 22.5. The predicted octanol–water partition coefficient (Wildman–Crippen LogP) is 0.585. The van der Waals surface area contributed by atoms with Gasteiger partial charge in [0, 0.05) is 13.1 Å². The molecule has 1 aliphatic rings. The second-order valence-corrected chi connectivity index (χ2v) is 4.42. The van der Waals surface area contributed by atoms with Crippen molar-refractivity contribution in [3.63, 3.8) is 0 Å². The normalized spacial score (nSPS) is 21.9. The molecule has 1 heterocycles. The van der Waals surface area contributed by atoms with E-state index in [9.17, 15) is 9.59 Å². The van der Waals surface area contributed by atoms with Crippen molar-refractivity contribution in [3.8, 4) is 0 Å². The van der Waals surface area contributed by atoms with Gasteiger partial charge in [0.25, 0.3) is 0 Å². The highest BCUT2D eigenvalue weighted by atomic mass is 16.5. The molecule has 2 atom stereocenters. The van der Waals surface area contributed by atoms with Gasteiger partial charge in [0.2, 0.25) is 0 Å². The number of benzene rings is 1. The summed E-state index contributed by atoms with van der Waals surface area (Å²) in [7, 11) is 0. The van der Waals surface area contributed by atoms with Crippen molar-refractivity contribution in [1.29, 1.82) is 0 Å². The number of carbonyl (C=O) groups excluding carboxylic acids is 1. The first-order valence-corrected chi connectivity index (χ1v) is 6.07. The summed E-state index contributed by atoms with van der Waals surface area (Å²) in [5.74, 6) is -1.53. The van der Waals surface area contributed by atoms with Crippen molar-refractivity contribution >= 4 is 12.1 Å². The van der Waals surface area contributed by atoms with Crippen LogP contribution in [-0.2, 0) is 16.1 Å². The molecule has 0 unspecified atom stereocenters. The number of nitrogens with one attached hydrogen (secondary N) is 2. The van der Waals surface area contributed by atoms with Crippen LogP contribution >= 0.6 is 0 Å². The van der Waals surface area contributed by atoms with Gasteiger partial charge in [-0.3, -0.25) is 4.79 Å². The van der Waals surface area contributed by atoms with Crippen LogP contribution in [0.5, 0.6) is 0 Å². The van der Waals surface area contributed by atoms with Crippen LogP contribution in [0.1, 0.15) is 5.56 Å². The molecule has 1 aromatic carbocycles. The fourth-order valence-electron chi connectivity index (χ4n) is 2.01. The molecule has 2 rings (SSSR count). The van der Waals surface area contributed by atoms with E-state index in [1.165, 1.54) is 0 Å². The molecule has 0 spiro atoms. The quantitative estimate of drug-likeness (QED) is 0.740. The zero-order valence-electron chi connectivity index (χ0n) is 10.3. The summed E-state index contributed by atoms with van der Waals surface area (Å²) < 4.78 is 5.05. The van der Waals surface area contributed by atoms with Crippen molar-refractivity contribution in [2.75, 3.05) is 13.1 Å². The maximum absolute atomic E-state index is 11.6. The van der Waals surface area contributed by atoms with Crippen LogP contribution in [0, 0.1) is 5.92 Å². The van der Waals surface area contributed by atoms with Crippen LogP contribution in [0.15, 0.2) is 30.3 Å². The topological polar surface area (TPSA) is 87.7 Å². The first kappa shape index (κ1) is 13.4. The lowest BCUT2D eigenvalue weighted by Gasteiger charge is -2.16. The zero-order valence-corrected chi connectivity index (χ0v) is 10.3. The first-order valence-electron chi connectivity index (χ1n) is 6.07. The van der Waals surface area contributed by atoms with Gasteiger partial charge in [0.15, 0.2) is 0 Å². The summed E-state index contributed by atoms with van der Waals surface area (Å²) in [6, 6.07) is 8.87.